The van der Waals surface area contributed by atoms with Gasteiger partial charge in [0.2, 0.25) is 0 Å². The molecule has 0 aromatic heterocycles. The first-order valence-corrected chi connectivity index (χ1v) is 4.99. The molecule has 2 nitrogen and oxygen atoms in total. The van der Waals surface area contributed by atoms with Crippen LogP contribution in [0.3, 0.4) is 0 Å². The van der Waals surface area contributed by atoms with Gasteiger partial charge in [0.25, 0.3) is 0 Å². The van der Waals surface area contributed by atoms with E-state index in [1.807, 2.05) is 0 Å². The van der Waals surface area contributed by atoms with Crippen molar-refractivity contribution in [3.05, 3.63) is 0 Å². The number of hydrogen-bond acceptors (Lipinski definition) is 1. The van der Waals surface area contributed by atoms with Gasteiger partial charge in [-0.05, 0) is 6.42 Å². The van der Waals surface area contributed by atoms with Crippen molar-refractivity contribution >= 4 is 15.9 Å². The van der Waals surface area contributed by atoms with Crippen LogP contribution >= 0.6 is 9.90 Å². The van der Waals surface area contributed by atoms with E-state index < -0.39 is 5.97 Å². The molecule has 0 aromatic carbocycles. The number of rotatable bonds is 8. The third-order valence-electron chi connectivity index (χ3n) is 1.99. The van der Waals surface area contributed by atoms with Gasteiger partial charge in [-0.1, -0.05) is 45.4 Å². The Balaban J connectivity index is 0. The fourth-order valence-electron chi connectivity index (χ4n) is 1.23. The largest absolute Gasteiger partial charge is 0.481 e. The van der Waals surface area contributed by atoms with E-state index in [1.165, 1.54) is 32.1 Å². The fourth-order valence-corrected chi connectivity index (χ4v) is 1.23. The fraction of sp³-hybridized carbons (Fsp3) is 0.900. The number of hydrogen-bond donors (Lipinski definition) is 1. The summed E-state index contributed by atoms with van der Waals surface area (Å²) in [5, 5.41) is 8.35. The van der Waals surface area contributed by atoms with Crippen LogP contribution in [0.15, 0.2) is 0 Å². The summed E-state index contributed by atoms with van der Waals surface area (Å²) in [4.78, 5) is 10.1. The highest BCUT2D eigenvalue weighted by molar-refractivity contribution is 6.92. The van der Waals surface area contributed by atoms with Crippen LogP contribution in [0.5, 0.6) is 0 Å². The van der Waals surface area contributed by atoms with Crippen LogP contribution in [0.1, 0.15) is 58.3 Å². The van der Waals surface area contributed by atoms with Gasteiger partial charge in [-0.2, -0.15) is 9.90 Å². The SMILES string of the molecule is CCCCCCCCCC(=O)O.P. The molecule has 0 aliphatic rings. The minimum Gasteiger partial charge on any atom is -0.481 e. The molecule has 3 heteroatoms. The molecule has 0 aromatic rings. The van der Waals surface area contributed by atoms with E-state index in [2.05, 4.69) is 6.92 Å². The lowest BCUT2D eigenvalue weighted by Crippen LogP contribution is -1.93. The first kappa shape index (κ1) is 15.4. The first-order chi connectivity index (χ1) is 5.77. The first-order valence-electron chi connectivity index (χ1n) is 4.99. The van der Waals surface area contributed by atoms with Crippen LogP contribution in [0, 0.1) is 0 Å². The lowest BCUT2D eigenvalue weighted by molar-refractivity contribution is -0.137. The van der Waals surface area contributed by atoms with E-state index in [9.17, 15) is 4.79 Å². The van der Waals surface area contributed by atoms with Crippen LogP contribution in [0.2, 0.25) is 0 Å². The third-order valence-corrected chi connectivity index (χ3v) is 1.99. The molecular weight excluding hydrogens is 183 g/mol. The van der Waals surface area contributed by atoms with Crippen molar-refractivity contribution in [2.45, 2.75) is 58.3 Å². The highest BCUT2D eigenvalue weighted by Gasteiger charge is 1.95. The average molecular weight is 206 g/mol. The summed E-state index contributed by atoms with van der Waals surface area (Å²) in [6.45, 7) is 2.20. The molecule has 1 unspecified atom stereocenters. The van der Waals surface area contributed by atoms with Gasteiger partial charge in [0, 0.05) is 6.42 Å². The normalized spacial score (nSPS) is 9.31. The maximum Gasteiger partial charge on any atom is 0.303 e. The Morgan fingerprint density at radius 1 is 1.00 bits per heavy atom. The van der Waals surface area contributed by atoms with Gasteiger partial charge in [-0.15, -0.1) is 0 Å². The molecule has 0 spiro atoms. The predicted octanol–water partition coefficient (Wildman–Crippen LogP) is 3.27. The zero-order chi connectivity index (χ0) is 9.23. The van der Waals surface area contributed by atoms with Crippen molar-refractivity contribution in [3.8, 4) is 0 Å². The van der Waals surface area contributed by atoms with Gasteiger partial charge in [-0.25, -0.2) is 0 Å². The summed E-state index contributed by atoms with van der Waals surface area (Å²) >= 11 is 0. The molecule has 0 rings (SSSR count). The summed E-state index contributed by atoms with van der Waals surface area (Å²) in [6.07, 6.45) is 8.64. The molecule has 1 atom stereocenters. The highest BCUT2D eigenvalue weighted by Crippen LogP contribution is 2.07. The molecule has 0 aliphatic carbocycles. The summed E-state index contributed by atoms with van der Waals surface area (Å²) in [5.74, 6) is -0.663. The second-order valence-corrected chi connectivity index (χ2v) is 3.27. The van der Waals surface area contributed by atoms with E-state index in [0.717, 1.165) is 12.8 Å². The Labute approximate surface area is 84.7 Å². The molecule has 0 amide bonds. The Bertz CT molecular complexity index is 115. The molecule has 0 radical (unpaired) electrons. The van der Waals surface area contributed by atoms with E-state index in [0.29, 0.717) is 6.42 Å². The molecule has 13 heavy (non-hydrogen) atoms. The summed E-state index contributed by atoms with van der Waals surface area (Å²) in [6, 6.07) is 0. The van der Waals surface area contributed by atoms with Crippen LogP contribution < -0.4 is 0 Å². The monoisotopic (exact) mass is 206 g/mol. The van der Waals surface area contributed by atoms with Gasteiger partial charge in [-0.3, -0.25) is 4.79 Å². The van der Waals surface area contributed by atoms with Crippen molar-refractivity contribution in [2.75, 3.05) is 0 Å². The van der Waals surface area contributed by atoms with E-state index >= 15 is 0 Å². The van der Waals surface area contributed by atoms with Gasteiger partial charge < -0.3 is 5.11 Å². The lowest BCUT2D eigenvalue weighted by atomic mass is 10.1. The van der Waals surface area contributed by atoms with Crippen LogP contribution in [-0.2, 0) is 4.79 Å². The Morgan fingerprint density at radius 2 is 1.46 bits per heavy atom. The second kappa shape index (κ2) is 11.9. The molecular formula is C10H23O2P. The molecule has 0 saturated heterocycles. The maximum absolute atomic E-state index is 10.1. The van der Waals surface area contributed by atoms with Crippen molar-refractivity contribution in [2.24, 2.45) is 0 Å². The Morgan fingerprint density at radius 3 is 1.92 bits per heavy atom. The van der Waals surface area contributed by atoms with E-state index in [-0.39, 0.29) is 9.90 Å². The number of carbonyl (C=O) groups is 1. The standard InChI is InChI=1S/C10H20O2.H3P/c1-2-3-4-5-6-7-8-9-10(11)12;/h2-9H2,1H3,(H,11,12);1H3. The zero-order valence-corrected chi connectivity index (χ0v) is 10.1. The average Bonchev–Trinajstić information content (AvgIpc) is 2.02. The van der Waals surface area contributed by atoms with Gasteiger partial charge in [0.1, 0.15) is 0 Å². The summed E-state index contributed by atoms with van der Waals surface area (Å²) < 4.78 is 0. The molecule has 80 valence electrons. The topological polar surface area (TPSA) is 37.3 Å². The number of carboxylic acids is 1. The Hall–Kier alpha value is -0.100. The van der Waals surface area contributed by atoms with Crippen molar-refractivity contribution in [3.63, 3.8) is 0 Å². The van der Waals surface area contributed by atoms with Crippen LogP contribution in [0.4, 0.5) is 0 Å². The molecule has 0 saturated carbocycles. The summed E-state index contributed by atoms with van der Waals surface area (Å²) in [7, 11) is 0. The van der Waals surface area contributed by atoms with Gasteiger partial charge >= 0.3 is 5.97 Å². The smallest absolute Gasteiger partial charge is 0.303 e. The van der Waals surface area contributed by atoms with Crippen LogP contribution in [-0.4, -0.2) is 11.1 Å². The number of aliphatic carboxylic acids is 1. The molecule has 0 bridgehead atoms. The minimum atomic E-state index is -0.663. The van der Waals surface area contributed by atoms with Gasteiger partial charge in [0.05, 0.1) is 0 Å². The van der Waals surface area contributed by atoms with Gasteiger partial charge in [0.15, 0.2) is 0 Å². The third kappa shape index (κ3) is 14.7. The molecule has 1 N–H and O–H groups in total. The highest BCUT2D eigenvalue weighted by atomic mass is 31.0. The van der Waals surface area contributed by atoms with E-state index in [1.54, 1.807) is 0 Å². The van der Waals surface area contributed by atoms with Crippen molar-refractivity contribution in [1.29, 1.82) is 0 Å². The lowest BCUT2D eigenvalue weighted by Gasteiger charge is -1.98. The number of carboxylic acid groups (broad SMARTS) is 1. The van der Waals surface area contributed by atoms with Crippen molar-refractivity contribution < 1.29 is 9.90 Å². The molecule has 0 heterocycles. The molecule has 0 aliphatic heterocycles. The second-order valence-electron chi connectivity index (χ2n) is 3.27. The van der Waals surface area contributed by atoms with Crippen molar-refractivity contribution in [1.82, 2.24) is 0 Å². The molecule has 0 fully saturated rings. The minimum absolute atomic E-state index is 0. The maximum atomic E-state index is 10.1. The van der Waals surface area contributed by atoms with E-state index in [4.69, 9.17) is 5.11 Å². The zero-order valence-electron chi connectivity index (χ0n) is 8.72. The number of unbranched alkanes of at least 4 members (excludes halogenated alkanes) is 6. The van der Waals surface area contributed by atoms with Crippen LogP contribution in [0.25, 0.3) is 0 Å². The Kier molecular flexibility index (Phi) is 14.1. The predicted molar refractivity (Wildman–Crippen MR) is 61.4 cm³/mol. The quantitative estimate of drug-likeness (QED) is 0.489. The summed E-state index contributed by atoms with van der Waals surface area (Å²) in [5.41, 5.74) is 0.